The third-order valence-electron chi connectivity index (χ3n) is 6.10. The maximum absolute atomic E-state index is 13.0. The molecule has 0 unspecified atom stereocenters. The van der Waals surface area contributed by atoms with Crippen LogP contribution in [0.2, 0.25) is 0 Å². The molecule has 2 aliphatic heterocycles. The van der Waals surface area contributed by atoms with Crippen molar-refractivity contribution in [2.45, 2.75) is 57.2 Å². The number of piperidine rings is 1. The fourth-order valence-electron chi connectivity index (χ4n) is 4.87. The van der Waals surface area contributed by atoms with Crippen LogP contribution in [0.4, 0.5) is 0 Å². The van der Waals surface area contributed by atoms with Gasteiger partial charge in [0, 0.05) is 38.1 Å². The zero-order valence-electron chi connectivity index (χ0n) is 15.1. The number of amides is 1. The first-order chi connectivity index (χ1) is 12.3. The van der Waals surface area contributed by atoms with Crippen molar-refractivity contribution in [1.29, 1.82) is 0 Å². The maximum Gasteiger partial charge on any atom is 0.237 e. The highest BCUT2D eigenvalue weighted by molar-refractivity contribution is 5.78. The number of hydrogen-bond acceptors (Lipinski definition) is 4. The minimum absolute atomic E-state index is 0.116. The van der Waals surface area contributed by atoms with E-state index < -0.39 is 0 Å². The number of nitrogens with zero attached hydrogens (tertiary/aromatic N) is 4. The Hall–Kier alpha value is -1.40. The van der Waals surface area contributed by atoms with Crippen LogP contribution < -0.4 is 0 Å². The van der Waals surface area contributed by atoms with Crippen molar-refractivity contribution >= 4 is 5.91 Å². The van der Waals surface area contributed by atoms with Crippen LogP contribution >= 0.6 is 0 Å². The van der Waals surface area contributed by atoms with E-state index in [-0.39, 0.29) is 6.10 Å². The summed E-state index contributed by atoms with van der Waals surface area (Å²) in [7, 11) is 0. The largest absolute Gasteiger partial charge is 0.374 e. The molecule has 138 valence electrons. The second-order valence-corrected chi connectivity index (χ2v) is 7.80. The highest BCUT2D eigenvalue weighted by Crippen LogP contribution is 2.35. The van der Waals surface area contributed by atoms with Crippen molar-refractivity contribution < 1.29 is 9.53 Å². The SMILES string of the molecule is O=C(CN1CCO[C@H](Cn2cccn2)C1)N1CCC[C@H]2CCCC[C@H]21. The summed E-state index contributed by atoms with van der Waals surface area (Å²) in [4.78, 5) is 17.5. The van der Waals surface area contributed by atoms with E-state index in [9.17, 15) is 4.79 Å². The number of ether oxygens (including phenoxy) is 1. The Balaban J connectivity index is 1.32. The summed E-state index contributed by atoms with van der Waals surface area (Å²) in [6.07, 6.45) is 11.5. The molecule has 3 fully saturated rings. The summed E-state index contributed by atoms with van der Waals surface area (Å²) in [5, 5.41) is 4.26. The van der Waals surface area contributed by atoms with Crippen LogP contribution in [-0.4, -0.2) is 70.4 Å². The standard InChI is InChI=1S/C19H30N4O2/c24-19(23-10-3-6-16-5-1-2-7-18(16)23)15-21-11-12-25-17(13-21)14-22-9-4-8-20-22/h4,8-9,16-18H,1-3,5-7,10-15H2/t16-,17+,18-/m1/s1. The molecule has 1 saturated carbocycles. The first kappa shape index (κ1) is 17.0. The van der Waals surface area contributed by atoms with Gasteiger partial charge >= 0.3 is 0 Å². The monoisotopic (exact) mass is 346 g/mol. The van der Waals surface area contributed by atoms with Crippen LogP contribution in [-0.2, 0) is 16.1 Å². The van der Waals surface area contributed by atoms with Gasteiger partial charge in [-0.3, -0.25) is 14.4 Å². The van der Waals surface area contributed by atoms with E-state index in [1.54, 1.807) is 6.20 Å². The first-order valence-electron chi connectivity index (χ1n) is 9.90. The van der Waals surface area contributed by atoms with Gasteiger partial charge in [-0.2, -0.15) is 5.10 Å². The fraction of sp³-hybridized carbons (Fsp3) is 0.789. The van der Waals surface area contributed by atoms with Gasteiger partial charge in [0.05, 0.1) is 25.8 Å². The van der Waals surface area contributed by atoms with Gasteiger partial charge in [0.1, 0.15) is 0 Å². The van der Waals surface area contributed by atoms with Crippen LogP contribution in [0.25, 0.3) is 0 Å². The van der Waals surface area contributed by atoms with E-state index in [2.05, 4.69) is 14.9 Å². The van der Waals surface area contributed by atoms with Gasteiger partial charge in [-0.15, -0.1) is 0 Å². The maximum atomic E-state index is 13.0. The molecule has 3 aliphatic rings. The minimum atomic E-state index is 0.116. The number of rotatable bonds is 4. The average molecular weight is 346 g/mol. The molecule has 0 radical (unpaired) electrons. The molecule has 0 bridgehead atoms. The van der Waals surface area contributed by atoms with Crippen molar-refractivity contribution in [1.82, 2.24) is 19.6 Å². The molecule has 6 heteroatoms. The molecule has 1 aromatic rings. The van der Waals surface area contributed by atoms with Crippen molar-refractivity contribution in [3.8, 4) is 0 Å². The quantitative estimate of drug-likeness (QED) is 0.834. The molecular formula is C19H30N4O2. The van der Waals surface area contributed by atoms with Crippen molar-refractivity contribution in [2.75, 3.05) is 32.8 Å². The van der Waals surface area contributed by atoms with Gasteiger partial charge in [0.2, 0.25) is 5.91 Å². The summed E-state index contributed by atoms with van der Waals surface area (Å²) in [6, 6.07) is 2.44. The normalized spacial score (nSPS) is 30.9. The second-order valence-electron chi connectivity index (χ2n) is 7.80. The Morgan fingerprint density at radius 2 is 2.04 bits per heavy atom. The van der Waals surface area contributed by atoms with E-state index >= 15 is 0 Å². The van der Waals surface area contributed by atoms with Gasteiger partial charge in [0.25, 0.3) is 0 Å². The van der Waals surface area contributed by atoms with Gasteiger partial charge in [-0.25, -0.2) is 0 Å². The number of carbonyl (C=O) groups excluding carboxylic acids is 1. The lowest BCUT2D eigenvalue weighted by Gasteiger charge is -2.45. The lowest BCUT2D eigenvalue weighted by molar-refractivity contribution is -0.140. The van der Waals surface area contributed by atoms with Gasteiger partial charge in [0.15, 0.2) is 0 Å². The molecule has 0 aromatic carbocycles. The lowest BCUT2D eigenvalue weighted by atomic mass is 9.78. The Labute approximate surface area is 150 Å². The molecule has 1 aliphatic carbocycles. The molecule has 3 heterocycles. The number of morpholine rings is 1. The van der Waals surface area contributed by atoms with Crippen molar-refractivity contribution in [2.24, 2.45) is 5.92 Å². The van der Waals surface area contributed by atoms with Gasteiger partial charge in [-0.05, 0) is 37.7 Å². The Morgan fingerprint density at radius 1 is 1.16 bits per heavy atom. The smallest absolute Gasteiger partial charge is 0.237 e. The third kappa shape index (κ3) is 4.06. The summed E-state index contributed by atoms with van der Waals surface area (Å²) in [5.74, 6) is 1.08. The molecule has 0 N–H and O–H groups in total. The van der Waals surface area contributed by atoms with Crippen LogP contribution in [0.15, 0.2) is 18.5 Å². The van der Waals surface area contributed by atoms with Crippen LogP contribution in [0, 0.1) is 5.92 Å². The van der Waals surface area contributed by atoms with E-state index in [1.807, 2.05) is 16.9 Å². The number of carbonyl (C=O) groups is 1. The predicted octanol–water partition coefficient (Wildman–Crippen LogP) is 1.77. The molecule has 4 rings (SSSR count). The molecule has 3 atom stereocenters. The molecule has 0 spiro atoms. The molecular weight excluding hydrogens is 316 g/mol. The molecule has 1 aromatic heterocycles. The Kier molecular flexibility index (Phi) is 5.36. The van der Waals surface area contributed by atoms with E-state index in [0.717, 1.165) is 32.1 Å². The lowest BCUT2D eigenvalue weighted by Crippen LogP contribution is -2.54. The highest BCUT2D eigenvalue weighted by Gasteiger charge is 2.36. The molecule has 25 heavy (non-hydrogen) atoms. The highest BCUT2D eigenvalue weighted by atomic mass is 16.5. The number of aromatic nitrogens is 2. The van der Waals surface area contributed by atoms with Crippen LogP contribution in [0.5, 0.6) is 0 Å². The first-order valence-corrected chi connectivity index (χ1v) is 9.90. The Morgan fingerprint density at radius 3 is 2.92 bits per heavy atom. The fourth-order valence-corrected chi connectivity index (χ4v) is 4.87. The summed E-state index contributed by atoms with van der Waals surface area (Å²) >= 11 is 0. The minimum Gasteiger partial charge on any atom is -0.374 e. The topological polar surface area (TPSA) is 50.6 Å². The van der Waals surface area contributed by atoms with E-state index in [4.69, 9.17) is 4.74 Å². The second kappa shape index (κ2) is 7.87. The molecule has 2 saturated heterocycles. The number of hydrogen-bond donors (Lipinski definition) is 0. The van der Waals surface area contributed by atoms with Crippen molar-refractivity contribution in [3.63, 3.8) is 0 Å². The van der Waals surface area contributed by atoms with Gasteiger partial charge in [-0.1, -0.05) is 12.8 Å². The van der Waals surface area contributed by atoms with E-state index in [0.29, 0.717) is 25.1 Å². The summed E-state index contributed by atoms with van der Waals surface area (Å²) in [6.45, 7) is 4.62. The van der Waals surface area contributed by atoms with E-state index in [1.165, 1.54) is 38.5 Å². The number of fused-ring (bicyclic) bond motifs is 1. The Bertz CT molecular complexity index is 560. The van der Waals surface area contributed by atoms with Crippen LogP contribution in [0.3, 0.4) is 0 Å². The predicted molar refractivity (Wildman–Crippen MR) is 95.1 cm³/mol. The summed E-state index contributed by atoms with van der Waals surface area (Å²) < 4.78 is 7.78. The van der Waals surface area contributed by atoms with Crippen LogP contribution in [0.1, 0.15) is 38.5 Å². The molecule has 6 nitrogen and oxygen atoms in total. The zero-order chi connectivity index (χ0) is 17.1. The molecule has 1 amide bonds. The number of likely N-dealkylation sites (tertiary alicyclic amines) is 1. The van der Waals surface area contributed by atoms with Gasteiger partial charge < -0.3 is 9.64 Å². The average Bonchev–Trinajstić information content (AvgIpc) is 3.14. The third-order valence-corrected chi connectivity index (χ3v) is 6.10. The summed E-state index contributed by atoms with van der Waals surface area (Å²) in [5.41, 5.74) is 0. The van der Waals surface area contributed by atoms with Crippen molar-refractivity contribution in [3.05, 3.63) is 18.5 Å². The zero-order valence-corrected chi connectivity index (χ0v) is 15.1.